The minimum absolute atomic E-state index is 0.220. The smallest absolute Gasteiger partial charge is 0.153 e. The molecule has 0 spiro atoms. The zero-order valence-corrected chi connectivity index (χ0v) is 16.1. The molecule has 26 heavy (non-hydrogen) atoms. The van der Waals surface area contributed by atoms with Crippen LogP contribution in [-0.4, -0.2) is 59.7 Å². The summed E-state index contributed by atoms with van der Waals surface area (Å²) in [5.74, 6) is 1.88. The Morgan fingerprint density at radius 2 is 1.85 bits per heavy atom. The largest absolute Gasteiger partial charge is 0.384 e. The normalized spacial score (nSPS) is 16.7. The summed E-state index contributed by atoms with van der Waals surface area (Å²) < 4.78 is 12.8. The molecule has 1 aromatic carbocycles. The van der Waals surface area contributed by atoms with Gasteiger partial charge in [0.25, 0.3) is 0 Å². The highest BCUT2D eigenvalue weighted by molar-refractivity contribution is 5.23. The summed E-state index contributed by atoms with van der Waals surface area (Å²) in [5.41, 5.74) is 2.61. The van der Waals surface area contributed by atoms with Gasteiger partial charge in [-0.3, -0.25) is 4.90 Å². The van der Waals surface area contributed by atoms with Crippen LogP contribution in [-0.2, 0) is 28.9 Å². The highest BCUT2D eigenvalue weighted by Gasteiger charge is 2.24. The van der Waals surface area contributed by atoms with Crippen molar-refractivity contribution in [1.29, 1.82) is 0 Å². The van der Waals surface area contributed by atoms with Crippen LogP contribution in [0.25, 0.3) is 0 Å². The monoisotopic (exact) mass is 358 g/mol. The Bertz CT molecular complexity index is 678. The lowest BCUT2D eigenvalue weighted by Gasteiger charge is -2.31. The molecule has 6 nitrogen and oxygen atoms in total. The molecule has 142 valence electrons. The summed E-state index contributed by atoms with van der Waals surface area (Å²) in [5, 5.41) is 4.77. The Hall–Kier alpha value is -1.76. The molecule has 1 aliphatic rings. The predicted octanol–water partition coefficient (Wildman–Crippen LogP) is 2.47. The zero-order valence-electron chi connectivity index (χ0n) is 16.1. The second-order valence-corrected chi connectivity index (χ2v) is 6.78. The van der Waals surface area contributed by atoms with Crippen molar-refractivity contribution in [3.63, 3.8) is 0 Å². The second-order valence-electron chi connectivity index (χ2n) is 6.78. The number of nitrogens with zero attached hydrogens (tertiary/aromatic N) is 4. The topological polar surface area (TPSA) is 52.4 Å². The maximum Gasteiger partial charge on any atom is 0.153 e. The van der Waals surface area contributed by atoms with Crippen molar-refractivity contribution in [3.8, 4) is 0 Å². The molecule has 0 amide bonds. The van der Waals surface area contributed by atoms with Crippen LogP contribution in [0.4, 0.5) is 0 Å². The first-order valence-electron chi connectivity index (χ1n) is 9.53. The van der Waals surface area contributed by atoms with Crippen molar-refractivity contribution in [2.45, 2.75) is 39.3 Å². The van der Waals surface area contributed by atoms with Crippen LogP contribution >= 0.6 is 0 Å². The molecule has 6 heteroatoms. The molecule has 1 aliphatic heterocycles. The third-order valence-electron chi connectivity index (χ3n) is 5.00. The predicted molar refractivity (Wildman–Crippen MR) is 101 cm³/mol. The first-order chi connectivity index (χ1) is 12.7. The fourth-order valence-electron chi connectivity index (χ4n) is 3.31. The number of rotatable bonds is 8. The van der Waals surface area contributed by atoms with E-state index in [4.69, 9.17) is 19.6 Å². The summed E-state index contributed by atoms with van der Waals surface area (Å²) >= 11 is 0. The number of aryl methyl sites for hydroxylation is 1. The van der Waals surface area contributed by atoms with Gasteiger partial charge in [-0.15, -0.1) is 0 Å². The minimum Gasteiger partial charge on any atom is -0.384 e. The summed E-state index contributed by atoms with van der Waals surface area (Å²) in [6.45, 7) is 9.22. The van der Waals surface area contributed by atoms with E-state index in [9.17, 15) is 0 Å². The highest BCUT2D eigenvalue weighted by atomic mass is 16.5. The quantitative estimate of drug-likeness (QED) is 0.726. The molecule has 0 N–H and O–H groups in total. The molecule has 0 unspecified atom stereocenters. The van der Waals surface area contributed by atoms with Gasteiger partial charge in [-0.05, 0) is 24.5 Å². The van der Waals surface area contributed by atoms with Crippen molar-refractivity contribution in [1.82, 2.24) is 19.7 Å². The van der Waals surface area contributed by atoms with Crippen LogP contribution in [0.15, 0.2) is 24.3 Å². The zero-order chi connectivity index (χ0) is 18.4. The maximum absolute atomic E-state index is 5.49. The van der Waals surface area contributed by atoms with Gasteiger partial charge < -0.3 is 9.47 Å². The number of methoxy groups -OCH3 is 1. The van der Waals surface area contributed by atoms with Crippen molar-refractivity contribution in [3.05, 3.63) is 47.0 Å². The SMILES string of the molecule is CCc1ccc(Cn2nc(CCOC)nc2[C@H](C)N2CCOCC2)cc1. The minimum atomic E-state index is 0.220. The van der Waals surface area contributed by atoms with Gasteiger partial charge in [0.1, 0.15) is 5.82 Å². The molecule has 0 saturated carbocycles. The Kier molecular flexibility index (Phi) is 6.77. The van der Waals surface area contributed by atoms with Crippen LogP contribution < -0.4 is 0 Å². The van der Waals surface area contributed by atoms with E-state index in [2.05, 4.69) is 47.7 Å². The van der Waals surface area contributed by atoms with Gasteiger partial charge >= 0.3 is 0 Å². The standard InChI is InChI=1S/C20H30N4O2/c1-4-17-5-7-18(8-6-17)15-24-20(21-19(22-24)9-12-25-3)16(2)23-10-13-26-14-11-23/h5-8,16H,4,9-15H2,1-3H3/t16-/m0/s1. The van der Waals surface area contributed by atoms with Crippen LogP contribution in [0.1, 0.15) is 42.7 Å². The van der Waals surface area contributed by atoms with Crippen molar-refractivity contribution >= 4 is 0 Å². The van der Waals surface area contributed by atoms with Crippen molar-refractivity contribution in [2.75, 3.05) is 40.0 Å². The van der Waals surface area contributed by atoms with Crippen LogP contribution in [0, 0.1) is 0 Å². The Labute approximate surface area is 156 Å². The van der Waals surface area contributed by atoms with E-state index < -0.39 is 0 Å². The molecule has 1 saturated heterocycles. The number of ether oxygens (including phenoxy) is 2. The summed E-state index contributed by atoms with van der Waals surface area (Å²) in [7, 11) is 1.71. The third-order valence-corrected chi connectivity index (χ3v) is 5.00. The Balaban J connectivity index is 1.81. The Morgan fingerprint density at radius 1 is 1.15 bits per heavy atom. The number of benzene rings is 1. The summed E-state index contributed by atoms with van der Waals surface area (Å²) in [6, 6.07) is 9.00. The van der Waals surface area contributed by atoms with E-state index in [0.717, 1.165) is 57.3 Å². The molecule has 0 aliphatic carbocycles. The molecule has 0 radical (unpaired) electrons. The van der Waals surface area contributed by atoms with Gasteiger partial charge in [0.2, 0.25) is 0 Å². The van der Waals surface area contributed by atoms with Crippen molar-refractivity contribution < 1.29 is 9.47 Å². The lowest BCUT2D eigenvalue weighted by atomic mass is 10.1. The molecule has 3 rings (SSSR count). The van der Waals surface area contributed by atoms with Crippen LogP contribution in [0.5, 0.6) is 0 Å². The third kappa shape index (κ3) is 4.69. The van der Waals surface area contributed by atoms with Crippen LogP contribution in [0.3, 0.4) is 0 Å². The molecule has 2 heterocycles. The van der Waals surface area contributed by atoms with Crippen molar-refractivity contribution in [2.24, 2.45) is 0 Å². The van der Waals surface area contributed by atoms with Gasteiger partial charge in [0, 0.05) is 26.6 Å². The molecule has 1 aromatic heterocycles. The summed E-state index contributed by atoms with van der Waals surface area (Å²) in [4.78, 5) is 7.26. The number of morpholine rings is 1. The van der Waals surface area contributed by atoms with E-state index in [0.29, 0.717) is 6.61 Å². The fourth-order valence-corrected chi connectivity index (χ4v) is 3.31. The molecule has 0 bridgehead atoms. The van der Waals surface area contributed by atoms with E-state index in [1.807, 2.05) is 0 Å². The van der Waals surface area contributed by atoms with Gasteiger partial charge in [0.05, 0.1) is 32.4 Å². The van der Waals surface area contributed by atoms with E-state index in [1.165, 1.54) is 11.1 Å². The van der Waals surface area contributed by atoms with Gasteiger partial charge in [-0.2, -0.15) is 5.10 Å². The van der Waals surface area contributed by atoms with Gasteiger partial charge in [-0.25, -0.2) is 9.67 Å². The number of hydrogen-bond donors (Lipinski definition) is 0. The average Bonchev–Trinajstić information content (AvgIpc) is 3.09. The van der Waals surface area contributed by atoms with Gasteiger partial charge in [-0.1, -0.05) is 31.2 Å². The van der Waals surface area contributed by atoms with E-state index in [1.54, 1.807) is 7.11 Å². The molecule has 2 aromatic rings. The molecule has 1 atom stereocenters. The molecular formula is C20H30N4O2. The fraction of sp³-hybridized carbons (Fsp3) is 0.600. The Morgan fingerprint density at radius 3 is 2.50 bits per heavy atom. The summed E-state index contributed by atoms with van der Waals surface area (Å²) in [6.07, 6.45) is 1.80. The number of hydrogen-bond acceptors (Lipinski definition) is 5. The van der Waals surface area contributed by atoms with Gasteiger partial charge in [0.15, 0.2) is 5.82 Å². The molecule has 1 fully saturated rings. The van der Waals surface area contributed by atoms with Crippen LogP contribution in [0.2, 0.25) is 0 Å². The second kappa shape index (κ2) is 9.26. The number of aromatic nitrogens is 3. The first-order valence-corrected chi connectivity index (χ1v) is 9.53. The lowest BCUT2D eigenvalue weighted by Crippen LogP contribution is -2.39. The van der Waals surface area contributed by atoms with E-state index in [-0.39, 0.29) is 6.04 Å². The lowest BCUT2D eigenvalue weighted by molar-refractivity contribution is 0.0174. The highest BCUT2D eigenvalue weighted by Crippen LogP contribution is 2.21. The first kappa shape index (κ1) is 19.0. The average molecular weight is 358 g/mol. The maximum atomic E-state index is 5.49. The van der Waals surface area contributed by atoms with E-state index >= 15 is 0 Å². The molecular weight excluding hydrogens is 328 g/mol.